The van der Waals surface area contributed by atoms with Gasteiger partial charge in [0.2, 0.25) is 0 Å². The molecule has 0 saturated heterocycles. The quantitative estimate of drug-likeness (QED) is 0.670. The molecule has 2 heterocycles. The van der Waals surface area contributed by atoms with Crippen LogP contribution in [0.3, 0.4) is 0 Å². The Morgan fingerprint density at radius 1 is 1.17 bits per heavy atom. The maximum Gasteiger partial charge on any atom is 0.354 e. The highest BCUT2D eigenvalue weighted by Gasteiger charge is 2.19. The molecule has 0 bridgehead atoms. The summed E-state index contributed by atoms with van der Waals surface area (Å²) in [6, 6.07) is 6.95. The highest BCUT2D eigenvalue weighted by molar-refractivity contribution is 6.07. The van der Waals surface area contributed by atoms with E-state index in [1.165, 1.54) is 14.2 Å². The van der Waals surface area contributed by atoms with Crippen molar-refractivity contribution in [3.8, 4) is 11.5 Å². The van der Waals surface area contributed by atoms with Gasteiger partial charge in [-0.2, -0.15) is 0 Å². The van der Waals surface area contributed by atoms with E-state index >= 15 is 0 Å². The molecule has 0 saturated carbocycles. The molecule has 3 rings (SSSR count). The van der Waals surface area contributed by atoms with Crippen LogP contribution in [0.2, 0.25) is 0 Å². The van der Waals surface area contributed by atoms with Crippen LogP contribution >= 0.6 is 0 Å². The fourth-order valence-corrected chi connectivity index (χ4v) is 2.39. The standard InChI is InChI=1S/C16H15N3O4/c1-22-12-7-10-11(8-13(12)23-2)19-15(16(20)21)14(10)18-9-3-5-17-6-4-9/h3-8,19H,1-2H3,(H,17,18)(H,20,21). The molecule has 7 nitrogen and oxygen atoms in total. The van der Waals surface area contributed by atoms with Gasteiger partial charge in [-0.25, -0.2) is 4.79 Å². The Bertz CT molecular complexity index is 859. The Balaban J connectivity index is 2.20. The van der Waals surface area contributed by atoms with E-state index in [2.05, 4.69) is 15.3 Å². The van der Waals surface area contributed by atoms with Crippen molar-refractivity contribution in [1.82, 2.24) is 9.97 Å². The zero-order valence-electron chi connectivity index (χ0n) is 12.6. The molecule has 0 aliphatic carbocycles. The first-order valence-corrected chi connectivity index (χ1v) is 6.82. The van der Waals surface area contributed by atoms with Crippen LogP contribution in [0.4, 0.5) is 11.4 Å². The lowest BCUT2D eigenvalue weighted by Crippen LogP contribution is -2.01. The first-order chi connectivity index (χ1) is 11.1. The minimum atomic E-state index is -1.06. The van der Waals surface area contributed by atoms with Gasteiger partial charge < -0.3 is 24.9 Å². The van der Waals surface area contributed by atoms with Gasteiger partial charge in [0.1, 0.15) is 5.69 Å². The molecule has 0 amide bonds. The van der Waals surface area contributed by atoms with Crippen molar-refractivity contribution in [1.29, 1.82) is 0 Å². The van der Waals surface area contributed by atoms with Gasteiger partial charge in [0.25, 0.3) is 0 Å². The molecule has 3 aromatic rings. The Morgan fingerprint density at radius 3 is 2.43 bits per heavy atom. The van der Waals surface area contributed by atoms with Gasteiger partial charge >= 0.3 is 5.97 Å². The van der Waals surface area contributed by atoms with E-state index in [9.17, 15) is 9.90 Å². The number of ether oxygens (including phenoxy) is 2. The lowest BCUT2D eigenvalue weighted by atomic mass is 10.2. The van der Waals surface area contributed by atoms with Crippen molar-refractivity contribution in [3.05, 3.63) is 42.4 Å². The number of aromatic nitrogens is 2. The van der Waals surface area contributed by atoms with Crippen LogP contribution in [0.15, 0.2) is 36.7 Å². The predicted molar refractivity (Wildman–Crippen MR) is 85.9 cm³/mol. The summed E-state index contributed by atoms with van der Waals surface area (Å²) in [7, 11) is 3.06. The molecule has 7 heteroatoms. The van der Waals surface area contributed by atoms with Crippen molar-refractivity contribution in [2.24, 2.45) is 0 Å². The summed E-state index contributed by atoms with van der Waals surface area (Å²) in [5.74, 6) is -0.0157. The zero-order valence-corrected chi connectivity index (χ0v) is 12.6. The molecule has 1 aromatic carbocycles. The highest BCUT2D eigenvalue weighted by Crippen LogP contribution is 2.38. The monoisotopic (exact) mass is 313 g/mol. The molecular weight excluding hydrogens is 298 g/mol. The number of benzene rings is 1. The van der Waals surface area contributed by atoms with Crippen LogP contribution in [0.1, 0.15) is 10.5 Å². The molecule has 0 atom stereocenters. The van der Waals surface area contributed by atoms with Crippen molar-refractivity contribution in [2.45, 2.75) is 0 Å². The molecule has 118 valence electrons. The van der Waals surface area contributed by atoms with Crippen LogP contribution in [0, 0.1) is 0 Å². The average molecular weight is 313 g/mol. The van der Waals surface area contributed by atoms with E-state index in [1.807, 2.05) is 0 Å². The number of hydrogen-bond acceptors (Lipinski definition) is 5. The molecule has 0 fully saturated rings. The zero-order chi connectivity index (χ0) is 16.4. The molecular formula is C16H15N3O4. The summed E-state index contributed by atoms with van der Waals surface area (Å²) in [6.07, 6.45) is 3.25. The number of fused-ring (bicyclic) bond motifs is 1. The smallest absolute Gasteiger partial charge is 0.354 e. The normalized spacial score (nSPS) is 10.5. The van der Waals surface area contributed by atoms with Crippen molar-refractivity contribution in [3.63, 3.8) is 0 Å². The largest absolute Gasteiger partial charge is 0.493 e. The van der Waals surface area contributed by atoms with E-state index in [0.29, 0.717) is 28.1 Å². The third-order valence-corrected chi connectivity index (χ3v) is 3.47. The first-order valence-electron chi connectivity index (χ1n) is 6.82. The number of aromatic carboxylic acids is 1. The number of aromatic amines is 1. The molecule has 0 spiro atoms. The lowest BCUT2D eigenvalue weighted by molar-refractivity contribution is 0.0692. The third kappa shape index (κ3) is 2.64. The van der Waals surface area contributed by atoms with Crippen molar-refractivity contribution in [2.75, 3.05) is 19.5 Å². The first kappa shape index (κ1) is 14.7. The molecule has 3 N–H and O–H groups in total. The molecule has 0 unspecified atom stereocenters. The number of methoxy groups -OCH3 is 2. The number of carboxylic acid groups (broad SMARTS) is 1. The number of carbonyl (C=O) groups is 1. The van der Waals surface area contributed by atoms with Gasteiger partial charge in [0, 0.05) is 29.5 Å². The second-order valence-electron chi connectivity index (χ2n) is 4.79. The fraction of sp³-hybridized carbons (Fsp3) is 0.125. The number of rotatable bonds is 5. The van der Waals surface area contributed by atoms with E-state index in [4.69, 9.17) is 9.47 Å². The summed E-state index contributed by atoms with van der Waals surface area (Å²) < 4.78 is 10.5. The molecule has 23 heavy (non-hydrogen) atoms. The Hall–Kier alpha value is -3.22. The number of hydrogen-bond donors (Lipinski definition) is 3. The van der Waals surface area contributed by atoms with E-state index in [-0.39, 0.29) is 5.69 Å². The number of nitrogens with one attached hydrogen (secondary N) is 2. The van der Waals surface area contributed by atoms with Gasteiger partial charge in [0.05, 0.1) is 25.4 Å². The second-order valence-corrected chi connectivity index (χ2v) is 4.79. The maximum absolute atomic E-state index is 11.5. The lowest BCUT2D eigenvalue weighted by Gasteiger charge is -2.09. The minimum absolute atomic E-state index is 0.0621. The number of nitrogens with zero attached hydrogens (tertiary/aromatic N) is 1. The Morgan fingerprint density at radius 2 is 1.83 bits per heavy atom. The highest BCUT2D eigenvalue weighted by atomic mass is 16.5. The van der Waals surface area contributed by atoms with Crippen molar-refractivity contribution < 1.29 is 19.4 Å². The number of pyridine rings is 1. The van der Waals surface area contributed by atoms with E-state index in [1.54, 1.807) is 36.7 Å². The third-order valence-electron chi connectivity index (χ3n) is 3.47. The second kappa shape index (κ2) is 5.88. The van der Waals surface area contributed by atoms with Crippen LogP contribution in [-0.2, 0) is 0 Å². The molecule has 0 aliphatic rings. The Labute approximate surface area is 131 Å². The summed E-state index contributed by atoms with van der Waals surface area (Å²) in [6.45, 7) is 0. The van der Waals surface area contributed by atoms with Crippen LogP contribution in [0.5, 0.6) is 11.5 Å². The SMILES string of the molecule is COc1cc2[nH]c(C(=O)O)c(Nc3ccncc3)c2cc1OC. The predicted octanol–water partition coefficient (Wildman–Crippen LogP) is 3.02. The summed E-state index contributed by atoms with van der Waals surface area (Å²) in [4.78, 5) is 18.4. The van der Waals surface area contributed by atoms with Gasteiger partial charge in [-0.3, -0.25) is 4.98 Å². The van der Waals surface area contributed by atoms with Gasteiger partial charge in [-0.15, -0.1) is 0 Å². The number of anilines is 2. The maximum atomic E-state index is 11.5. The van der Waals surface area contributed by atoms with Crippen LogP contribution in [0.25, 0.3) is 10.9 Å². The van der Waals surface area contributed by atoms with Gasteiger partial charge in [-0.1, -0.05) is 0 Å². The summed E-state index contributed by atoms with van der Waals surface area (Å²) >= 11 is 0. The fourth-order valence-electron chi connectivity index (χ4n) is 2.39. The number of carboxylic acids is 1. The Kier molecular flexibility index (Phi) is 3.76. The topological polar surface area (TPSA) is 96.5 Å². The minimum Gasteiger partial charge on any atom is -0.493 e. The molecule has 0 aliphatic heterocycles. The number of H-pyrrole nitrogens is 1. The van der Waals surface area contributed by atoms with Crippen LogP contribution in [-0.4, -0.2) is 35.3 Å². The van der Waals surface area contributed by atoms with Gasteiger partial charge in [0.15, 0.2) is 11.5 Å². The summed E-state index contributed by atoms with van der Waals surface area (Å²) in [5, 5.41) is 13.3. The molecule has 2 aromatic heterocycles. The summed E-state index contributed by atoms with van der Waals surface area (Å²) in [5.41, 5.74) is 1.89. The molecule has 0 radical (unpaired) electrons. The van der Waals surface area contributed by atoms with Crippen molar-refractivity contribution >= 4 is 28.2 Å². The average Bonchev–Trinajstić information content (AvgIpc) is 2.92. The van der Waals surface area contributed by atoms with E-state index < -0.39 is 5.97 Å². The van der Waals surface area contributed by atoms with Crippen LogP contribution < -0.4 is 14.8 Å². The van der Waals surface area contributed by atoms with E-state index in [0.717, 1.165) is 5.69 Å². The van der Waals surface area contributed by atoms with Gasteiger partial charge in [-0.05, 0) is 18.2 Å².